The zero-order chi connectivity index (χ0) is 16.1. The Morgan fingerprint density at radius 1 is 1.32 bits per heavy atom. The largest absolute Gasteiger partial charge is 0.309 e. The van der Waals surface area contributed by atoms with Crippen molar-refractivity contribution >= 4 is 0 Å². The highest BCUT2D eigenvalue weighted by Gasteiger charge is 2.63. The molecule has 3 aliphatic rings. The van der Waals surface area contributed by atoms with E-state index in [1.807, 2.05) is 0 Å². The van der Waals surface area contributed by atoms with E-state index >= 15 is 0 Å². The van der Waals surface area contributed by atoms with Crippen LogP contribution in [0.3, 0.4) is 0 Å². The molecule has 0 aromatic carbocycles. The summed E-state index contributed by atoms with van der Waals surface area (Å²) in [6, 6.07) is 0. The Kier molecular flexibility index (Phi) is 4.00. The van der Waals surface area contributed by atoms with Crippen LogP contribution in [0.2, 0.25) is 0 Å². The topological polar surface area (TPSA) is 4.36 Å². The number of nitrogens with zero attached hydrogens (tertiary/aromatic N) is 1. The molecule has 2 fully saturated rings. The van der Waals surface area contributed by atoms with Crippen molar-refractivity contribution in [3.63, 3.8) is 0 Å². The van der Waals surface area contributed by atoms with Gasteiger partial charge >= 0.3 is 0 Å². The second kappa shape index (κ2) is 5.55. The van der Waals surface area contributed by atoms with Crippen molar-refractivity contribution in [1.29, 1.82) is 0 Å². The molecule has 22 heavy (non-hydrogen) atoms. The first-order valence-corrected chi connectivity index (χ1v) is 9.11. The molecule has 0 radical (unpaired) electrons. The normalized spacial score (nSPS) is 47.0. The third-order valence-corrected chi connectivity index (χ3v) is 7.08. The fourth-order valence-corrected chi connectivity index (χ4v) is 6.05. The molecule has 0 aromatic rings. The van der Waals surface area contributed by atoms with E-state index in [-0.39, 0.29) is 5.54 Å². The molecule has 3 aliphatic carbocycles. The van der Waals surface area contributed by atoms with Gasteiger partial charge in [0.15, 0.2) is 0 Å². The molecular formula is C21H31N. The highest BCUT2D eigenvalue weighted by atomic mass is 14.9. The van der Waals surface area contributed by atoms with E-state index in [9.17, 15) is 0 Å². The molecule has 3 rings (SSSR count). The fraction of sp³-hybridized carbons (Fsp3) is 0.762. The molecule has 2 saturated carbocycles. The van der Waals surface area contributed by atoms with Crippen molar-refractivity contribution in [3.8, 4) is 0 Å². The Morgan fingerprint density at radius 3 is 2.68 bits per heavy atom. The molecule has 1 nitrogen and oxygen atoms in total. The Labute approximate surface area is 136 Å². The molecule has 0 spiro atoms. The summed E-state index contributed by atoms with van der Waals surface area (Å²) in [5.74, 6) is 3.92. The van der Waals surface area contributed by atoms with Gasteiger partial charge in [0.25, 0.3) is 0 Å². The summed E-state index contributed by atoms with van der Waals surface area (Å²) in [5.41, 5.74) is 2.89. The molecule has 0 N–H and O–H groups in total. The van der Waals surface area contributed by atoms with E-state index in [1.54, 1.807) is 5.57 Å². The van der Waals surface area contributed by atoms with E-state index in [1.165, 1.54) is 24.8 Å². The quantitative estimate of drug-likeness (QED) is 0.419. The maximum atomic E-state index is 8.04. The monoisotopic (exact) mass is 297 g/mol. The standard InChI is InChI=1S/C21H31N/c1-13(2)11-17-12-15(4)18-8-7-16(5)21(22-6)10-9-14(3)19(17)20(18)21/h9,11,15-20H,7-8,10,12H2,1-5H3/t15-,16-,17+,18+,19-,20-,21-/m0/s1. The minimum absolute atomic E-state index is 0.116. The summed E-state index contributed by atoms with van der Waals surface area (Å²) in [5, 5.41) is 0. The lowest BCUT2D eigenvalue weighted by Crippen LogP contribution is -2.58. The second-order valence-corrected chi connectivity index (χ2v) is 8.57. The average molecular weight is 297 g/mol. The third kappa shape index (κ3) is 2.18. The van der Waals surface area contributed by atoms with Gasteiger partial charge in [0.1, 0.15) is 0 Å². The van der Waals surface area contributed by atoms with Crippen molar-refractivity contribution in [2.75, 3.05) is 0 Å². The number of hydrogen-bond acceptors (Lipinski definition) is 0. The van der Waals surface area contributed by atoms with E-state index in [0.717, 1.165) is 18.3 Å². The first kappa shape index (κ1) is 15.9. The smallest absolute Gasteiger partial charge is 0.242 e. The predicted octanol–water partition coefficient (Wildman–Crippen LogP) is 5.90. The summed E-state index contributed by atoms with van der Waals surface area (Å²) in [4.78, 5) is 4.33. The van der Waals surface area contributed by atoms with Crippen molar-refractivity contribution in [1.82, 2.24) is 0 Å². The maximum absolute atomic E-state index is 8.04. The summed E-state index contributed by atoms with van der Waals surface area (Å²) in [7, 11) is 0. The van der Waals surface area contributed by atoms with Gasteiger partial charge in [-0.2, -0.15) is 0 Å². The van der Waals surface area contributed by atoms with Gasteiger partial charge in [-0.3, -0.25) is 0 Å². The fourth-order valence-electron chi connectivity index (χ4n) is 6.05. The molecule has 0 heterocycles. The zero-order valence-electron chi connectivity index (χ0n) is 14.9. The molecule has 1 heteroatoms. The number of allylic oxidation sites excluding steroid dienone is 3. The van der Waals surface area contributed by atoms with Crippen LogP contribution in [-0.4, -0.2) is 5.54 Å². The minimum Gasteiger partial charge on any atom is -0.309 e. The van der Waals surface area contributed by atoms with Crippen LogP contribution >= 0.6 is 0 Å². The zero-order valence-corrected chi connectivity index (χ0v) is 14.9. The van der Waals surface area contributed by atoms with Crippen LogP contribution in [0.4, 0.5) is 0 Å². The number of hydrogen-bond donors (Lipinski definition) is 0. The lowest BCUT2D eigenvalue weighted by atomic mass is 9.46. The van der Waals surface area contributed by atoms with Crippen LogP contribution in [0.25, 0.3) is 4.85 Å². The highest BCUT2D eigenvalue weighted by molar-refractivity contribution is 5.29. The van der Waals surface area contributed by atoms with Gasteiger partial charge in [-0.1, -0.05) is 37.1 Å². The molecular weight excluding hydrogens is 266 g/mol. The van der Waals surface area contributed by atoms with Crippen molar-refractivity contribution in [3.05, 3.63) is 34.7 Å². The third-order valence-electron chi connectivity index (χ3n) is 7.08. The minimum atomic E-state index is -0.116. The second-order valence-electron chi connectivity index (χ2n) is 8.57. The van der Waals surface area contributed by atoms with Crippen LogP contribution in [0.15, 0.2) is 23.3 Å². The SMILES string of the molecule is [C-]#[N+][C@]12CC=C(C)[C@@H]3[C@@H]1[C@H](CC[C@@H]2C)[C@@H](C)C[C@H]3C=C(C)C. The summed E-state index contributed by atoms with van der Waals surface area (Å²) < 4.78 is 0. The van der Waals surface area contributed by atoms with Gasteiger partial charge in [-0.25, -0.2) is 6.57 Å². The lowest BCUT2D eigenvalue weighted by molar-refractivity contribution is -0.0270. The van der Waals surface area contributed by atoms with Gasteiger partial charge in [0.2, 0.25) is 5.54 Å². The van der Waals surface area contributed by atoms with Crippen molar-refractivity contribution in [2.45, 2.75) is 65.8 Å². The molecule has 7 atom stereocenters. The van der Waals surface area contributed by atoms with Crippen LogP contribution in [0.5, 0.6) is 0 Å². The molecule has 0 bridgehead atoms. The highest BCUT2D eigenvalue weighted by Crippen LogP contribution is 2.61. The van der Waals surface area contributed by atoms with Gasteiger partial charge in [-0.05, 0) is 63.7 Å². The van der Waals surface area contributed by atoms with Gasteiger partial charge < -0.3 is 4.85 Å². The first-order chi connectivity index (χ1) is 10.4. The average Bonchev–Trinajstić information content (AvgIpc) is 2.46. The molecule has 0 aromatic heterocycles. The predicted molar refractivity (Wildman–Crippen MR) is 93.3 cm³/mol. The van der Waals surface area contributed by atoms with Crippen LogP contribution in [0, 0.1) is 42.1 Å². The van der Waals surface area contributed by atoms with E-state index in [0.29, 0.717) is 23.7 Å². The Bertz CT molecular complexity index is 545. The van der Waals surface area contributed by atoms with E-state index in [4.69, 9.17) is 6.57 Å². The molecule has 0 amide bonds. The van der Waals surface area contributed by atoms with Crippen LogP contribution in [0.1, 0.15) is 60.3 Å². The van der Waals surface area contributed by atoms with E-state index < -0.39 is 0 Å². The first-order valence-electron chi connectivity index (χ1n) is 9.11. The number of rotatable bonds is 1. The van der Waals surface area contributed by atoms with E-state index in [2.05, 4.69) is 51.6 Å². The van der Waals surface area contributed by atoms with Crippen molar-refractivity contribution in [2.24, 2.45) is 35.5 Å². The van der Waals surface area contributed by atoms with Crippen LogP contribution in [-0.2, 0) is 0 Å². The van der Waals surface area contributed by atoms with Crippen molar-refractivity contribution < 1.29 is 0 Å². The molecule has 0 saturated heterocycles. The van der Waals surface area contributed by atoms with Crippen LogP contribution < -0.4 is 0 Å². The van der Waals surface area contributed by atoms with Gasteiger partial charge in [-0.15, -0.1) is 0 Å². The van der Waals surface area contributed by atoms with Gasteiger partial charge in [0.05, 0.1) is 0 Å². The Hall–Kier alpha value is -1.03. The summed E-state index contributed by atoms with van der Waals surface area (Å²) >= 11 is 0. The summed E-state index contributed by atoms with van der Waals surface area (Å²) in [6.07, 6.45) is 9.82. The molecule has 0 aliphatic heterocycles. The molecule has 120 valence electrons. The van der Waals surface area contributed by atoms with Gasteiger partial charge in [0, 0.05) is 18.3 Å². The Morgan fingerprint density at radius 2 is 2.05 bits per heavy atom. The maximum Gasteiger partial charge on any atom is 0.242 e. The Balaban J connectivity index is 2.11. The summed E-state index contributed by atoms with van der Waals surface area (Å²) in [6.45, 7) is 19.6. The molecule has 0 unspecified atom stereocenters. The lowest BCUT2D eigenvalue weighted by Gasteiger charge is -2.56.